The molecule has 5 atom stereocenters. The summed E-state index contributed by atoms with van der Waals surface area (Å²) in [6, 6.07) is 6.13. The van der Waals surface area contributed by atoms with E-state index in [1.54, 1.807) is 11.9 Å². The Morgan fingerprint density at radius 1 is 0.980 bits per heavy atom. The van der Waals surface area contributed by atoms with Crippen LogP contribution in [0.1, 0.15) is 91.5 Å². The van der Waals surface area contributed by atoms with Gasteiger partial charge in [-0.1, -0.05) is 97.1 Å². The monoisotopic (exact) mass is 678 g/mol. The van der Waals surface area contributed by atoms with Gasteiger partial charge in [0.15, 0.2) is 0 Å². The topological polar surface area (TPSA) is 171 Å². The fraction of sp³-hybridized carbons (Fsp3) is 0.676. The summed E-state index contributed by atoms with van der Waals surface area (Å²) in [5.41, 5.74) is 4.25. The molecular formula is C37H54N6O6. The molecule has 12 nitrogen and oxygen atoms in total. The zero-order valence-electron chi connectivity index (χ0n) is 29.8. The summed E-state index contributed by atoms with van der Waals surface area (Å²) in [6.45, 7) is 10.4. The average Bonchev–Trinajstić information content (AvgIpc) is 3.90. The maximum atomic E-state index is 14.4. The van der Waals surface area contributed by atoms with Crippen LogP contribution in [0.2, 0.25) is 0 Å². The third-order valence-electron chi connectivity index (χ3n) is 11.4. The lowest BCUT2D eigenvalue weighted by Gasteiger charge is -2.41. The number of urea groups is 1. The predicted molar refractivity (Wildman–Crippen MR) is 183 cm³/mol. The summed E-state index contributed by atoms with van der Waals surface area (Å²) in [5, 5.41) is 8.70. The Balaban J connectivity index is 1.33. The van der Waals surface area contributed by atoms with E-state index in [9.17, 15) is 28.8 Å². The molecule has 1 aliphatic heterocycles. The Hall–Kier alpha value is -3.96. The molecule has 1 saturated heterocycles. The molecule has 5 rings (SSSR count). The second-order valence-corrected chi connectivity index (χ2v) is 16.5. The predicted octanol–water partition coefficient (Wildman–Crippen LogP) is 2.88. The van der Waals surface area contributed by atoms with Crippen molar-refractivity contribution in [1.29, 1.82) is 0 Å². The van der Waals surface area contributed by atoms with E-state index >= 15 is 0 Å². The number of hydrogen-bond donors (Lipinski definition) is 4. The number of fused-ring (bicyclic) bond motifs is 1. The summed E-state index contributed by atoms with van der Waals surface area (Å²) < 4.78 is 0. The number of nitrogens with zero attached hydrogens (tertiary/aromatic N) is 2. The van der Waals surface area contributed by atoms with Gasteiger partial charge in [0.2, 0.25) is 23.5 Å². The molecule has 6 amide bonds. The molecule has 4 aliphatic rings. The Bertz CT molecular complexity index is 1460. The van der Waals surface area contributed by atoms with E-state index in [0.29, 0.717) is 32.4 Å². The van der Waals surface area contributed by atoms with Crippen LogP contribution in [0.5, 0.6) is 0 Å². The SMILES string of the molecule is CN(Cc1ccccc1)C(=O)C1(NC(=O)N[C@H](C(=O)N2C[C@H]3[C@@H]([C@H]2C(=O)NC(CC2CC2)C(=O)C(N)=O)C3(C)C)C(C)(C)C)CCCCC1. The van der Waals surface area contributed by atoms with Crippen LogP contribution in [0.4, 0.5) is 4.79 Å². The van der Waals surface area contributed by atoms with Crippen LogP contribution in [-0.2, 0) is 30.5 Å². The van der Waals surface area contributed by atoms with Crippen molar-refractivity contribution >= 4 is 35.4 Å². The van der Waals surface area contributed by atoms with Crippen molar-refractivity contribution in [2.75, 3.05) is 13.6 Å². The van der Waals surface area contributed by atoms with Gasteiger partial charge in [-0.25, -0.2) is 4.79 Å². The summed E-state index contributed by atoms with van der Waals surface area (Å²) in [4.78, 5) is 83.8. The van der Waals surface area contributed by atoms with Crippen molar-refractivity contribution in [3.8, 4) is 0 Å². The highest BCUT2D eigenvalue weighted by Crippen LogP contribution is 2.65. The van der Waals surface area contributed by atoms with Gasteiger partial charge in [-0.15, -0.1) is 0 Å². The number of nitrogens with two attached hydrogens (primary N) is 1. The number of amides is 6. The number of hydrogen-bond acceptors (Lipinski definition) is 6. The molecule has 1 aromatic carbocycles. The second-order valence-electron chi connectivity index (χ2n) is 16.5. The molecule has 49 heavy (non-hydrogen) atoms. The van der Waals surface area contributed by atoms with E-state index in [-0.39, 0.29) is 29.1 Å². The van der Waals surface area contributed by atoms with Crippen molar-refractivity contribution in [2.45, 2.75) is 116 Å². The quantitative estimate of drug-likeness (QED) is 0.248. The number of likely N-dealkylation sites (N-methyl/N-ethyl adjacent to an activating group) is 1. The minimum Gasteiger partial charge on any atom is -0.363 e. The van der Waals surface area contributed by atoms with Gasteiger partial charge in [-0.2, -0.15) is 0 Å². The first kappa shape index (κ1) is 36.3. The average molecular weight is 679 g/mol. The first-order chi connectivity index (χ1) is 23.0. The van der Waals surface area contributed by atoms with Gasteiger partial charge in [-0.3, -0.25) is 24.0 Å². The highest BCUT2D eigenvalue weighted by atomic mass is 16.2. The van der Waals surface area contributed by atoms with Gasteiger partial charge in [-0.05, 0) is 53.4 Å². The normalized spacial score (nSPS) is 24.9. The maximum Gasteiger partial charge on any atom is 0.316 e. The number of ketones is 1. The summed E-state index contributed by atoms with van der Waals surface area (Å²) in [5.74, 6) is -2.83. The van der Waals surface area contributed by atoms with E-state index in [1.165, 1.54) is 4.90 Å². The summed E-state index contributed by atoms with van der Waals surface area (Å²) in [7, 11) is 1.74. The molecule has 1 aromatic rings. The lowest BCUT2D eigenvalue weighted by molar-refractivity contribution is -0.145. The first-order valence-corrected chi connectivity index (χ1v) is 17.8. The van der Waals surface area contributed by atoms with E-state index < -0.39 is 58.6 Å². The molecule has 3 saturated carbocycles. The number of carbonyl (C=O) groups is 6. The van der Waals surface area contributed by atoms with E-state index in [1.807, 2.05) is 51.1 Å². The van der Waals surface area contributed by atoms with Crippen molar-refractivity contribution in [2.24, 2.45) is 34.3 Å². The van der Waals surface area contributed by atoms with Crippen LogP contribution in [-0.4, -0.2) is 82.5 Å². The molecule has 1 heterocycles. The number of piperidine rings is 1. The minimum atomic E-state index is -1.11. The number of rotatable bonds is 12. The molecule has 5 N–H and O–H groups in total. The number of Topliss-reactive ketones (excluding diaryl/α,β-unsaturated/α-hetero) is 1. The largest absolute Gasteiger partial charge is 0.363 e. The standard InChI is InChI=1S/C37H54N6O6/c1-35(2,3)29(40-34(49)41-37(17-11-8-12-18-37)33(48)42(6)20-23-13-9-7-10-14-23)32(47)43-21-24-26(36(24,4)5)27(43)31(46)39-25(19-22-15-16-22)28(44)30(38)45/h7,9-10,13-14,22,24-27,29H,8,11-12,15-21H2,1-6H3,(H2,38,45)(H,39,46)(H2,40,41,49)/t24-,25?,26-,27-,29+/m0/s1. The lowest BCUT2D eigenvalue weighted by atomic mass is 9.80. The van der Waals surface area contributed by atoms with Crippen LogP contribution in [0.15, 0.2) is 30.3 Å². The maximum absolute atomic E-state index is 14.4. The van der Waals surface area contributed by atoms with Crippen molar-refractivity contribution in [1.82, 2.24) is 25.8 Å². The number of likely N-dealkylation sites (tertiary alicyclic amines) is 1. The van der Waals surface area contributed by atoms with Gasteiger partial charge in [0.25, 0.3) is 5.91 Å². The van der Waals surface area contributed by atoms with Crippen LogP contribution in [0.25, 0.3) is 0 Å². The summed E-state index contributed by atoms with van der Waals surface area (Å²) in [6.07, 6.45) is 5.69. The Labute approximate surface area is 289 Å². The smallest absolute Gasteiger partial charge is 0.316 e. The number of benzene rings is 1. The lowest BCUT2D eigenvalue weighted by Crippen LogP contribution is -2.65. The number of carbonyl (C=O) groups excluding carboxylic acids is 6. The minimum absolute atomic E-state index is 0.0682. The fourth-order valence-electron chi connectivity index (χ4n) is 8.20. The zero-order chi connectivity index (χ0) is 35.9. The highest BCUT2D eigenvalue weighted by molar-refractivity contribution is 6.37. The van der Waals surface area contributed by atoms with Gasteiger partial charge < -0.3 is 31.5 Å². The van der Waals surface area contributed by atoms with Crippen LogP contribution >= 0.6 is 0 Å². The van der Waals surface area contributed by atoms with Gasteiger partial charge in [0, 0.05) is 20.1 Å². The molecule has 0 aromatic heterocycles. The fourth-order valence-corrected chi connectivity index (χ4v) is 8.20. The number of nitrogens with one attached hydrogen (secondary N) is 3. The highest BCUT2D eigenvalue weighted by Gasteiger charge is 2.70. The molecular weight excluding hydrogens is 624 g/mol. The molecule has 0 spiro atoms. The number of primary amides is 1. The molecule has 12 heteroatoms. The Morgan fingerprint density at radius 3 is 2.18 bits per heavy atom. The van der Waals surface area contributed by atoms with Gasteiger partial charge >= 0.3 is 6.03 Å². The summed E-state index contributed by atoms with van der Waals surface area (Å²) >= 11 is 0. The molecule has 268 valence electrons. The molecule has 0 bridgehead atoms. The zero-order valence-corrected chi connectivity index (χ0v) is 29.8. The van der Waals surface area contributed by atoms with E-state index in [0.717, 1.165) is 37.7 Å². The van der Waals surface area contributed by atoms with Crippen LogP contribution < -0.4 is 21.7 Å². The third-order valence-corrected chi connectivity index (χ3v) is 11.4. The molecule has 4 fully saturated rings. The van der Waals surface area contributed by atoms with E-state index in [4.69, 9.17) is 5.73 Å². The van der Waals surface area contributed by atoms with Gasteiger partial charge in [0.1, 0.15) is 17.6 Å². The Kier molecular flexibility index (Phi) is 10.2. The second kappa shape index (κ2) is 13.7. The van der Waals surface area contributed by atoms with Crippen molar-refractivity contribution in [3.05, 3.63) is 35.9 Å². The van der Waals surface area contributed by atoms with E-state index in [2.05, 4.69) is 29.8 Å². The Morgan fingerprint density at radius 2 is 1.61 bits per heavy atom. The van der Waals surface area contributed by atoms with Crippen molar-refractivity contribution < 1.29 is 28.8 Å². The third kappa shape index (κ3) is 7.78. The molecule has 0 radical (unpaired) electrons. The van der Waals surface area contributed by atoms with Gasteiger partial charge in [0.05, 0.1) is 6.04 Å². The van der Waals surface area contributed by atoms with Crippen LogP contribution in [0.3, 0.4) is 0 Å². The molecule has 3 aliphatic carbocycles. The van der Waals surface area contributed by atoms with Crippen LogP contribution in [0, 0.1) is 28.6 Å². The first-order valence-electron chi connectivity index (χ1n) is 17.8. The van der Waals surface area contributed by atoms with Crippen molar-refractivity contribution in [3.63, 3.8) is 0 Å². The molecule has 1 unspecified atom stereocenters.